The summed E-state index contributed by atoms with van der Waals surface area (Å²) in [5.41, 5.74) is 1.34. The normalized spacial score (nSPS) is 10.6. The van der Waals surface area contributed by atoms with Crippen LogP contribution in [0.15, 0.2) is 54.7 Å². The number of aromatic hydroxyl groups is 1. The van der Waals surface area contributed by atoms with Crippen molar-refractivity contribution in [3.63, 3.8) is 0 Å². The summed E-state index contributed by atoms with van der Waals surface area (Å²) in [6.07, 6.45) is 1.50. The molecule has 0 saturated carbocycles. The molecule has 0 amide bonds. The van der Waals surface area contributed by atoms with Gasteiger partial charge in [0.05, 0.1) is 11.4 Å². The van der Waals surface area contributed by atoms with Gasteiger partial charge in [-0.3, -0.25) is 10.4 Å². The molecule has 1 aromatic heterocycles. The number of benzene rings is 2. The third-order valence-corrected chi connectivity index (χ3v) is 3.99. The first kappa shape index (κ1) is 17.8. The zero-order valence-corrected chi connectivity index (χ0v) is 14.2. The fourth-order valence-electron chi connectivity index (χ4n) is 2.48. The van der Waals surface area contributed by atoms with E-state index < -0.39 is 17.4 Å². The second kappa shape index (κ2) is 7.49. The largest absolute Gasteiger partial charge is 0.508 e. The van der Waals surface area contributed by atoms with E-state index in [4.69, 9.17) is 17.0 Å². The predicted molar refractivity (Wildman–Crippen MR) is 97.0 cm³/mol. The first-order valence-electron chi connectivity index (χ1n) is 7.66. The second-order valence-corrected chi connectivity index (χ2v) is 5.96. The first-order chi connectivity index (χ1) is 12.5. The van der Waals surface area contributed by atoms with Crippen LogP contribution < -0.4 is 5.32 Å². The summed E-state index contributed by atoms with van der Waals surface area (Å²) in [7, 11) is 0. The van der Waals surface area contributed by atoms with Crippen LogP contribution in [0.1, 0.15) is 16.8 Å². The lowest BCUT2D eigenvalue weighted by atomic mass is 10.0. The molecule has 26 heavy (non-hydrogen) atoms. The van der Waals surface area contributed by atoms with Gasteiger partial charge in [0.15, 0.2) is 0 Å². The highest BCUT2D eigenvalue weighted by Crippen LogP contribution is 2.23. The lowest BCUT2D eigenvalue weighted by Gasteiger charge is -2.14. The molecule has 0 fully saturated rings. The molecule has 7 heteroatoms. The third kappa shape index (κ3) is 3.81. The van der Waals surface area contributed by atoms with Gasteiger partial charge < -0.3 is 10.4 Å². The van der Waals surface area contributed by atoms with E-state index in [1.807, 2.05) is 0 Å². The average molecular weight is 374 g/mol. The topological polar surface area (TPSA) is 69.0 Å². The maximum absolute atomic E-state index is 13.9. The Balaban J connectivity index is 1.88. The SMILES string of the molecule is N=C(c1cc(Cl)ccn1)c1ccccc1NCc1c(F)cc(O)cc1F. The summed E-state index contributed by atoms with van der Waals surface area (Å²) in [4.78, 5) is 4.13. The molecule has 0 unspecified atom stereocenters. The summed E-state index contributed by atoms with van der Waals surface area (Å²) in [5.74, 6) is -2.17. The fraction of sp³-hybridized carbons (Fsp3) is 0.0526. The maximum atomic E-state index is 13.9. The van der Waals surface area contributed by atoms with E-state index >= 15 is 0 Å². The number of nitrogens with zero attached hydrogens (tertiary/aromatic N) is 1. The van der Waals surface area contributed by atoms with Gasteiger partial charge in [-0.05, 0) is 18.2 Å². The number of anilines is 1. The van der Waals surface area contributed by atoms with Gasteiger partial charge in [0.25, 0.3) is 0 Å². The lowest BCUT2D eigenvalue weighted by Crippen LogP contribution is -2.10. The van der Waals surface area contributed by atoms with Gasteiger partial charge in [0, 0.05) is 46.7 Å². The monoisotopic (exact) mass is 373 g/mol. The summed E-state index contributed by atoms with van der Waals surface area (Å²) in [6.45, 7) is -0.148. The van der Waals surface area contributed by atoms with Crippen LogP contribution in [0.3, 0.4) is 0 Å². The smallest absolute Gasteiger partial charge is 0.134 e. The molecular weight excluding hydrogens is 360 g/mol. The third-order valence-electron chi connectivity index (χ3n) is 3.76. The van der Waals surface area contributed by atoms with Crippen LogP contribution in [0.25, 0.3) is 0 Å². The van der Waals surface area contributed by atoms with Crippen molar-refractivity contribution in [1.29, 1.82) is 5.41 Å². The van der Waals surface area contributed by atoms with Crippen molar-refractivity contribution in [3.05, 3.63) is 88.2 Å². The number of para-hydroxylation sites is 1. The summed E-state index contributed by atoms with van der Waals surface area (Å²) in [5, 5.41) is 21.0. The molecule has 0 aliphatic heterocycles. The van der Waals surface area contributed by atoms with E-state index in [9.17, 15) is 13.9 Å². The molecule has 4 nitrogen and oxygen atoms in total. The molecule has 3 aromatic rings. The number of hydrogen-bond acceptors (Lipinski definition) is 4. The molecule has 0 aliphatic rings. The average Bonchev–Trinajstić information content (AvgIpc) is 2.60. The highest BCUT2D eigenvalue weighted by Gasteiger charge is 2.14. The molecule has 0 saturated heterocycles. The van der Waals surface area contributed by atoms with Crippen LogP contribution in [0.4, 0.5) is 14.5 Å². The molecule has 2 aromatic carbocycles. The number of phenols is 1. The first-order valence-corrected chi connectivity index (χ1v) is 8.04. The fourth-order valence-corrected chi connectivity index (χ4v) is 2.64. The Bertz CT molecular complexity index is 955. The van der Waals surface area contributed by atoms with Gasteiger partial charge >= 0.3 is 0 Å². The van der Waals surface area contributed by atoms with Crippen molar-refractivity contribution >= 4 is 23.0 Å². The van der Waals surface area contributed by atoms with E-state index in [0.717, 1.165) is 12.1 Å². The number of rotatable bonds is 5. The Morgan fingerprint density at radius 1 is 1.12 bits per heavy atom. The Morgan fingerprint density at radius 2 is 1.81 bits per heavy atom. The van der Waals surface area contributed by atoms with E-state index in [-0.39, 0.29) is 17.8 Å². The predicted octanol–water partition coefficient (Wildman–Crippen LogP) is 4.75. The van der Waals surface area contributed by atoms with Crippen LogP contribution in [0.2, 0.25) is 5.02 Å². The van der Waals surface area contributed by atoms with Crippen molar-refractivity contribution in [1.82, 2.24) is 4.98 Å². The molecule has 0 aliphatic carbocycles. The van der Waals surface area contributed by atoms with Crippen LogP contribution in [-0.4, -0.2) is 15.8 Å². The molecule has 0 atom stereocenters. The molecule has 0 bridgehead atoms. The number of nitrogens with one attached hydrogen (secondary N) is 2. The van der Waals surface area contributed by atoms with Crippen LogP contribution in [-0.2, 0) is 6.54 Å². The summed E-state index contributed by atoms with van der Waals surface area (Å²) < 4.78 is 27.8. The molecule has 0 spiro atoms. The Morgan fingerprint density at radius 3 is 2.50 bits per heavy atom. The quantitative estimate of drug-likeness (QED) is 0.565. The minimum Gasteiger partial charge on any atom is -0.508 e. The highest BCUT2D eigenvalue weighted by atomic mass is 35.5. The van der Waals surface area contributed by atoms with Crippen molar-refractivity contribution in [3.8, 4) is 5.75 Å². The number of phenolic OH excluding ortho intramolecular Hbond substituents is 1. The van der Waals surface area contributed by atoms with Gasteiger partial charge in [-0.25, -0.2) is 8.78 Å². The van der Waals surface area contributed by atoms with Gasteiger partial charge in [-0.15, -0.1) is 0 Å². The van der Waals surface area contributed by atoms with Gasteiger partial charge in [-0.2, -0.15) is 0 Å². The van der Waals surface area contributed by atoms with Crippen LogP contribution >= 0.6 is 11.6 Å². The van der Waals surface area contributed by atoms with E-state index in [0.29, 0.717) is 22.0 Å². The van der Waals surface area contributed by atoms with Crippen molar-refractivity contribution in [2.75, 3.05) is 5.32 Å². The Labute approximate surface area is 153 Å². The van der Waals surface area contributed by atoms with Gasteiger partial charge in [0.1, 0.15) is 17.4 Å². The van der Waals surface area contributed by atoms with E-state index in [2.05, 4.69) is 10.3 Å². The van der Waals surface area contributed by atoms with Crippen LogP contribution in [0, 0.1) is 17.0 Å². The van der Waals surface area contributed by atoms with Crippen LogP contribution in [0.5, 0.6) is 5.75 Å². The highest BCUT2D eigenvalue weighted by molar-refractivity contribution is 6.31. The molecule has 3 N–H and O–H groups in total. The van der Waals surface area contributed by atoms with Gasteiger partial charge in [0.2, 0.25) is 0 Å². The minimum absolute atomic E-state index is 0.127. The zero-order chi connectivity index (χ0) is 18.7. The second-order valence-electron chi connectivity index (χ2n) is 5.52. The molecule has 0 radical (unpaired) electrons. The van der Waals surface area contributed by atoms with Crippen molar-refractivity contribution in [2.45, 2.75) is 6.54 Å². The number of halogens is 3. The number of pyridine rings is 1. The molecular formula is C19H14ClF2N3O. The van der Waals surface area contributed by atoms with E-state index in [1.165, 1.54) is 6.20 Å². The lowest BCUT2D eigenvalue weighted by molar-refractivity contribution is 0.457. The number of aromatic nitrogens is 1. The summed E-state index contributed by atoms with van der Waals surface area (Å²) >= 11 is 5.95. The Kier molecular flexibility index (Phi) is 5.14. The summed E-state index contributed by atoms with van der Waals surface area (Å²) in [6, 6.07) is 11.8. The van der Waals surface area contributed by atoms with Gasteiger partial charge in [-0.1, -0.05) is 29.8 Å². The maximum Gasteiger partial charge on any atom is 0.134 e. The minimum atomic E-state index is -0.848. The molecule has 1 heterocycles. The van der Waals surface area contributed by atoms with Crippen molar-refractivity contribution in [2.24, 2.45) is 0 Å². The van der Waals surface area contributed by atoms with E-state index in [1.54, 1.807) is 36.4 Å². The molecule has 132 valence electrons. The van der Waals surface area contributed by atoms with Crippen molar-refractivity contribution < 1.29 is 13.9 Å². The molecule has 3 rings (SSSR count). The zero-order valence-electron chi connectivity index (χ0n) is 13.4. The number of hydrogen-bond donors (Lipinski definition) is 3. The Hall–Kier alpha value is -2.99. The standard InChI is InChI=1S/C19H14ClF2N3O/c20-11-5-6-24-18(7-11)19(23)13-3-1-2-4-17(13)25-10-14-15(21)8-12(26)9-16(14)22/h1-9,23,25-26H,10H2.